The van der Waals surface area contributed by atoms with Gasteiger partial charge in [-0.25, -0.2) is 20.8 Å². The number of nitrogens with one attached hydrogen (secondary N) is 2. The molecule has 1 unspecified atom stereocenters. The molecule has 0 saturated carbocycles. The van der Waals surface area contributed by atoms with E-state index in [1.807, 2.05) is 51.1 Å². The van der Waals surface area contributed by atoms with Crippen molar-refractivity contribution >= 4 is 25.6 Å². The summed E-state index contributed by atoms with van der Waals surface area (Å²) in [6.07, 6.45) is 4.95. The second kappa shape index (κ2) is 16.7. The van der Waals surface area contributed by atoms with Gasteiger partial charge in [-0.3, -0.25) is 9.59 Å². The summed E-state index contributed by atoms with van der Waals surface area (Å²) >= 11 is 0. The van der Waals surface area contributed by atoms with Gasteiger partial charge in [0.2, 0.25) is 5.78 Å². The molecule has 1 heterocycles. The van der Waals surface area contributed by atoms with Crippen molar-refractivity contribution in [3.8, 4) is 5.75 Å². The standard InChI is InChI=1S/C21H21NO4S.C16H20N2O4S/c1-15-7-10-18(11-8-15)27(25,26)19-12-9-17(20(23)21(19)24)14-22-13-16-5-3-2-4-6-16;1-3-9-17-11-13-8-10-18(16(20)15(13)19)23(21,22)14-6-4-12(2)5-7-14/h2-12,19,22-23H,13-14H2,1H3;4-8,10,17,19H,3,9,11H2,1-2H3. The first kappa shape index (κ1) is 38.0. The molecule has 264 valence electrons. The molecule has 0 saturated heterocycles. The zero-order chi connectivity index (χ0) is 36.5. The van der Waals surface area contributed by atoms with Crippen molar-refractivity contribution in [2.24, 2.45) is 0 Å². The van der Waals surface area contributed by atoms with Crippen LogP contribution in [0.15, 0.2) is 129 Å². The van der Waals surface area contributed by atoms with Crippen molar-refractivity contribution in [1.82, 2.24) is 14.6 Å². The topological polar surface area (TPSA) is 172 Å². The molecular weight excluding hydrogens is 679 g/mol. The second-order valence-electron chi connectivity index (χ2n) is 11.8. The van der Waals surface area contributed by atoms with E-state index in [-0.39, 0.29) is 16.3 Å². The molecule has 0 bridgehead atoms. The monoisotopic (exact) mass is 719 g/mol. The van der Waals surface area contributed by atoms with Crippen LogP contribution in [0.3, 0.4) is 0 Å². The SMILES string of the molecule is CCCNCc1ccn(S(=O)(=O)c2ccc(C)cc2)c(=O)c1O.Cc1ccc(S(=O)(=O)C2C=CC(CNCc3ccccc3)=C(O)C2=O)cc1. The third-order valence-electron chi connectivity index (χ3n) is 7.88. The predicted octanol–water partition coefficient (Wildman–Crippen LogP) is 4.48. The van der Waals surface area contributed by atoms with Gasteiger partial charge in [0, 0.05) is 37.0 Å². The van der Waals surface area contributed by atoms with Gasteiger partial charge in [-0.2, -0.15) is 0 Å². The highest BCUT2D eigenvalue weighted by Crippen LogP contribution is 2.25. The fourth-order valence-corrected chi connectivity index (χ4v) is 7.68. The zero-order valence-electron chi connectivity index (χ0n) is 28.0. The van der Waals surface area contributed by atoms with Crippen molar-refractivity contribution in [1.29, 1.82) is 0 Å². The summed E-state index contributed by atoms with van der Waals surface area (Å²) in [4.78, 5) is 24.8. The number of allylic oxidation sites excluding steroid dienone is 1. The average Bonchev–Trinajstić information content (AvgIpc) is 3.09. The highest BCUT2D eigenvalue weighted by Gasteiger charge is 2.36. The number of aliphatic hydroxyl groups excluding tert-OH is 1. The lowest BCUT2D eigenvalue weighted by Gasteiger charge is -2.19. The van der Waals surface area contributed by atoms with E-state index in [2.05, 4.69) is 10.6 Å². The lowest BCUT2D eigenvalue weighted by atomic mass is 10.0. The number of Topliss-reactive ketones (excluding diaryl/α,β-unsaturated/α-hetero) is 1. The maximum Gasteiger partial charge on any atom is 0.306 e. The average molecular weight is 720 g/mol. The van der Waals surface area contributed by atoms with E-state index in [0.29, 0.717) is 28.2 Å². The molecule has 1 aliphatic carbocycles. The number of hydrogen-bond donors (Lipinski definition) is 4. The van der Waals surface area contributed by atoms with Crippen molar-refractivity contribution in [2.75, 3.05) is 13.1 Å². The van der Waals surface area contributed by atoms with E-state index in [1.165, 1.54) is 48.7 Å². The Morgan fingerprint density at radius 3 is 1.94 bits per heavy atom. The summed E-state index contributed by atoms with van der Waals surface area (Å²) in [5, 5.41) is 25.0. The minimum Gasteiger partial charge on any atom is -0.504 e. The van der Waals surface area contributed by atoms with Crippen LogP contribution in [-0.4, -0.2) is 55.1 Å². The van der Waals surface area contributed by atoms with Gasteiger partial charge in [0.1, 0.15) is 0 Å². The van der Waals surface area contributed by atoms with Gasteiger partial charge in [-0.05, 0) is 62.7 Å². The Bertz CT molecular complexity index is 2140. The molecule has 4 N–H and O–H groups in total. The number of aryl methyl sites for hydroxylation is 2. The molecule has 50 heavy (non-hydrogen) atoms. The summed E-state index contributed by atoms with van der Waals surface area (Å²) in [6, 6.07) is 23.6. The molecule has 1 aliphatic rings. The third kappa shape index (κ3) is 9.04. The first-order valence-corrected chi connectivity index (χ1v) is 18.9. The van der Waals surface area contributed by atoms with Crippen LogP contribution in [0.5, 0.6) is 5.75 Å². The normalized spacial score (nSPS) is 14.7. The fraction of sp³-hybridized carbons (Fsp3) is 0.243. The van der Waals surface area contributed by atoms with Gasteiger partial charge < -0.3 is 20.8 Å². The van der Waals surface area contributed by atoms with Gasteiger partial charge in [-0.1, -0.05) is 84.8 Å². The van der Waals surface area contributed by atoms with Crippen LogP contribution in [0.1, 0.15) is 35.6 Å². The van der Waals surface area contributed by atoms with Crippen molar-refractivity contribution in [3.05, 3.63) is 147 Å². The van der Waals surface area contributed by atoms with Crippen LogP contribution in [-0.2, 0) is 37.7 Å². The molecule has 1 atom stereocenters. The largest absolute Gasteiger partial charge is 0.504 e. The Labute approximate surface area is 292 Å². The summed E-state index contributed by atoms with van der Waals surface area (Å²) in [5.74, 6) is -1.85. The van der Waals surface area contributed by atoms with E-state index in [4.69, 9.17) is 0 Å². The number of hydrogen-bond acceptors (Lipinski definition) is 10. The summed E-state index contributed by atoms with van der Waals surface area (Å²) in [6.45, 7) is 7.58. The molecule has 0 aliphatic heterocycles. The molecular formula is C37H41N3O8S2. The summed E-state index contributed by atoms with van der Waals surface area (Å²) in [7, 11) is -7.93. The first-order valence-electron chi connectivity index (χ1n) is 15.9. The Kier molecular flexibility index (Phi) is 12.7. The van der Waals surface area contributed by atoms with Crippen LogP contribution in [0.25, 0.3) is 0 Å². The molecule has 0 amide bonds. The Morgan fingerprint density at radius 1 is 0.740 bits per heavy atom. The van der Waals surface area contributed by atoms with Crippen molar-refractivity contribution in [3.63, 3.8) is 0 Å². The molecule has 3 aromatic carbocycles. The Morgan fingerprint density at radius 2 is 1.34 bits per heavy atom. The fourth-order valence-electron chi connectivity index (χ4n) is 4.96. The molecule has 5 rings (SSSR count). The van der Waals surface area contributed by atoms with Crippen LogP contribution in [0.4, 0.5) is 0 Å². The van der Waals surface area contributed by atoms with Gasteiger partial charge in [0.15, 0.2) is 26.6 Å². The maximum atomic E-state index is 12.7. The first-order chi connectivity index (χ1) is 23.8. The molecule has 0 spiro atoms. The van der Waals surface area contributed by atoms with Gasteiger partial charge >= 0.3 is 5.56 Å². The van der Waals surface area contributed by atoms with Crippen LogP contribution in [0.2, 0.25) is 0 Å². The van der Waals surface area contributed by atoms with Crippen LogP contribution >= 0.6 is 0 Å². The van der Waals surface area contributed by atoms with Gasteiger partial charge in [0.25, 0.3) is 10.0 Å². The van der Waals surface area contributed by atoms with Gasteiger partial charge in [0.05, 0.1) is 9.79 Å². The smallest absolute Gasteiger partial charge is 0.306 e. The van der Waals surface area contributed by atoms with Crippen LogP contribution in [0, 0.1) is 13.8 Å². The quantitative estimate of drug-likeness (QED) is 0.153. The molecule has 13 heteroatoms. The van der Waals surface area contributed by atoms with E-state index in [1.54, 1.807) is 24.3 Å². The third-order valence-corrected chi connectivity index (χ3v) is 11.5. The minimum atomic E-state index is -4.03. The number of aliphatic hydroxyl groups is 1. The van der Waals surface area contributed by atoms with E-state index < -0.39 is 48.0 Å². The van der Waals surface area contributed by atoms with Crippen LogP contribution < -0.4 is 16.2 Å². The highest BCUT2D eigenvalue weighted by molar-refractivity contribution is 7.93. The molecule has 0 fully saturated rings. The molecule has 1 aromatic heterocycles. The number of carbonyl (C=O) groups is 1. The number of ketones is 1. The Balaban J connectivity index is 0.000000228. The summed E-state index contributed by atoms with van der Waals surface area (Å²) in [5.41, 5.74) is 2.72. The zero-order valence-corrected chi connectivity index (χ0v) is 29.7. The molecule has 0 radical (unpaired) electrons. The maximum absolute atomic E-state index is 12.7. The number of benzene rings is 3. The van der Waals surface area contributed by atoms with E-state index in [0.717, 1.165) is 29.7 Å². The number of nitrogens with zero attached hydrogens (tertiary/aromatic N) is 1. The van der Waals surface area contributed by atoms with E-state index in [9.17, 15) is 36.6 Å². The number of carbonyl (C=O) groups excluding carboxylic acids is 1. The number of sulfone groups is 1. The molecule has 4 aromatic rings. The predicted molar refractivity (Wildman–Crippen MR) is 192 cm³/mol. The summed E-state index contributed by atoms with van der Waals surface area (Å²) < 4.78 is 51.1. The van der Waals surface area contributed by atoms with Crippen molar-refractivity contribution in [2.45, 2.75) is 55.3 Å². The minimum absolute atomic E-state index is 0.00135. The van der Waals surface area contributed by atoms with E-state index >= 15 is 0 Å². The number of aromatic nitrogens is 1. The second-order valence-corrected chi connectivity index (χ2v) is 15.6. The lowest BCUT2D eigenvalue weighted by molar-refractivity contribution is -0.117. The van der Waals surface area contributed by atoms with Crippen molar-refractivity contribution < 1.29 is 31.8 Å². The number of pyridine rings is 1. The Hall–Kier alpha value is -4.82. The number of aromatic hydroxyl groups is 1. The number of rotatable bonds is 12. The highest BCUT2D eigenvalue weighted by atomic mass is 32.2. The van der Waals surface area contributed by atoms with Gasteiger partial charge in [-0.15, -0.1) is 0 Å². The lowest BCUT2D eigenvalue weighted by Crippen LogP contribution is -2.33. The molecule has 11 nitrogen and oxygen atoms in total.